The van der Waals surface area contributed by atoms with E-state index in [0.717, 1.165) is 13.0 Å². The molecule has 8 heteroatoms. The normalized spacial score (nSPS) is 11.8. The highest BCUT2D eigenvalue weighted by Gasteiger charge is 2.22. The Morgan fingerprint density at radius 1 is 1.74 bits per heavy atom. The maximum atomic E-state index is 11.3. The van der Waals surface area contributed by atoms with E-state index in [1.807, 2.05) is 11.5 Å². The number of hydrogen-bond acceptors (Lipinski definition) is 4. The number of hydrogen-bond donors (Lipinski definition) is 2. The number of nitrogens with zero attached hydrogens (tertiary/aromatic N) is 5. The molecule has 0 fully saturated rings. The number of azide groups is 1. The van der Waals surface area contributed by atoms with Crippen LogP contribution in [-0.4, -0.2) is 33.7 Å². The van der Waals surface area contributed by atoms with E-state index >= 15 is 0 Å². The molecule has 0 saturated carbocycles. The van der Waals surface area contributed by atoms with Gasteiger partial charge in [0.2, 0.25) is 0 Å². The zero-order valence-electron chi connectivity index (χ0n) is 10.9. The van der Waals surface area contributed by atoms with Crippen molar-refractivity contribution in [2.75, 3.05) is 13.1 Å². The molecule has 0 radical (unpaired) electrons. The van der Waals surface area contributed by atoms with Crippen molar-refractivity contribution >= 4 is 5.97 Å². The molecule has 0 bridgehead atoms. The Hall–Kier alpha value is -2.05. The number of aliphatic carboxylic acids is 1. The van der Waals surface area contributed by atoms with Crippen LogP contribution >= 0.6 is 0 Å². The minimum absolute atomic E-state index is 0.351. The second-order valence-electron chi connectivity index (χ2n) is 4.05. The minimum atomic E-state index is -0.943. The van der Waals surface area contributed by atoms with Crippen LogP contribution in [0.5, 0.6) is 0 Å². The van der Waals surface area contributed by atoms with Gasteiger partial charge in [0.25, 0.3) is 0 Å². The Kier molecular flexibility index (Phi) is 6.42. The number of aryl methyl sites for hydroxylation is 1. The summed E-state index contributed by atoms with van der Waals surface area (Å²) in [6.45, 7) is 3.57. The van der Waals surface area contributed by atoms with E-state index in [9.17, 15) is 9.90 Å². The topological polar surface area (TPSA) is 116 Å². The van der Waals surface area contributed by atoms with E-state index < -0.39 is 12.0 Å². The van der Waals surface area contributed by atoms with Gasteiger partial charge in [0.15, 0.2) is 0 Å². The molecular formula is C11H18N6O2. The molecule has 1 unspecified atom stereocenters. The van der Waals surface area contributed by atoms with Gasteiger partial charge in [-0.15, -0.1) is 0 Å². The fraction of sp³-hybridized carbons (Fsp3) is 0.636. The molecule has 0 spiro atoms. The molecule has 0 aliphatic rings. The summed E-state index contributed by atoms with van der Waals surface area (Å²) < 4.78 is 1.83. The maximum Gasteiger partial charge on any atom is 0.326 e. The van der Waals surface area contributed by atoms with Crippen LogP contribution in [0.25, 0.3) is 10.4 Å². The van der Waals surface area contributed by atoms with E-state index in [4.69, 9.17) is 5.53 Å². The highest BCUT2D eigenvalue weighted by atomic mass is 16.4. The quantitative estimate of drug-likeness (QED) is 0.306. The molecule has 1 aromatic heterocycles. The lowest BCUT2D eigenvalue weighted by Crippen LogP contribution is -2.31. The summed E-state index contributed by atoms with van der Waals surface area (Å²) in [5.74, 6) is -0.943. The van der Waals surface area contributed by atoms with Crippen molar-refractivity contribution in [1.82, 2.24) is 14.9 Å². The Labute approximate surface area is 111 Å². The average Bonchev–Trinajstić information content (AvgIpc) is 2.82. The van der Waals surface area contributed by atoms with E-state index in [1.54, 1.807) is 12.5 Å². The highest BCUT2D eigenvalue weighted by molar-refractivity contribution is 5.74. The van der Waals surface area contributed by atoms with Gasteiger partial charge in [-0.05, 0) is 24.9 Å². The number of nitrogens with one attached hydrogen (secondary N) is 1. The number of carboxylic acid groups (broad SMARTS) is 1. The summed E-state index contributed by atoms with van der Waals surface area (Å²) in [7, 11) is 0. The molecule has 1 rings (SSSR count). The van der Waals surface area contributed by atoms with Gasteiger partial charge in [0, 0.05) is 18.0 Å². The van der Waals surface area contributed by atoms with Gasteiger partial charge in [-0.3, -0.25) is 10.1 Å². The van der Waals surface area contributed by atoms with Crippen molar-refractivity contribution in [1.29, 1.82) is 0 Å². The molecule has 0 aromatic carbocycles. The third-order valence-corrected chi connectivity index (χ3v) is 2.60. The fourth-order valence-corrected chi connectivity index (χ4v) is 1.76. The predicted molar refractivity (Wildman–Crippen MR) is 69.5 cm³/mol. The van der Waals surface area contributed by atoms with Gasteiger partial charge >= 0.3 is 5.97 Å². The summed E-state index contributed by atoms with van der Waals surface area (Å²) in [4.78, 5) is 17.9. The van der Waals surface area contributed by atoms with Gasteiger partial charge in [-0.25, -0.2) is 4.98 Å². The van der Waals surface area contributed by atoms with Gasteiger partial charge in [0.1, 0.15) is 6.04 Å². The monoisotopic (exact) mass is 266 g/mol. The molecule has 0 saturated heterocycles. The predicted octanol–water partition coefficient (Wildman–Crippen LogP) is 1.71. The van der Waals surface area contributed by atoms with Gasteiger partial charge in [0.05, 0.1) is 18.2 Å². The van der Waals surface area contributed by atoms with Crippen molar-refractivity contribution in [2.45, 2.75) is 32.4 Å². The van der Waals surface area contributed by atoms with Crippen molar-refractivity contribution in [3.63, 3.8) is 0 Å². The van der Waals surface area contributed by atoms with Crippen molar-refractivity contribution in [3.05, 3.63) is 28.7 Å². The molecule has 0 aliphatic carbocycles. The molecule has 0 aliphatic heterocycles. The van der Waals surface area contributed by atoms with Crippen molar-refractivity contribution in [2.24, 2.45) is 5.11 Å². The maximum absolute atomic E-state index is 11.3. The number of carbonyl (C=O) groups is 1. The largest absolute Gasteiger partial charge is 0.480 e. The smallest absolute Gasteiger partial charge is 0.326 e. The molecule has 104 valence electrons. The molecule has 8 nitrogen and oxygen atoms in total. The van der Waals surface area contributed by atoms with Crippen molar-refractivity contribution < 1.29 is 9.90 Å². The first-order valence-electron chi connectivity index (χ1n) is 6.17. The number of imidazole rings is 1. The first-order chi connectivity index (χ1) is 9.20. The van der Waals surface area contributed by atoms with Crippen LogP contribution in [0, 0.1) is 0 Å². The SMILES string of the molecule is CCCn1cncc1C(NCCCN=[N+]=[N-])C(=O)O. The van der Waals surface area contributed by atoms with E-state index in [1.165, 1.54) is 0 Å². The van der Waals surface area contributed by atoms with Gasteiger partial charge < -0.3 is 9.67 Å². The van der Waals surface area contributed by atoms with Gasteiger partial charge in [-0.1, -0.05) is 12.0 Å². The van der Waals surface area contributed by atoms with Crippen LogP contribution in [0.3, 0.4) is 0 Å². The summed E-state index contributed by atoms with van der Waals surface area (Å²) in [5, 5.41) is 15.6. The summed E-state index contributed by atoms with van der Waals surface area (Å²) in [6, 6.07) is -0.792. The average molecular weight is 266 g/mol. The van der Waals surface area contributed by atoms with Gasteiger partial charge in [-0.2, -0.15) is 0 Å². The number of carboxylic acids is 1. The van der Waals surface area contributed by atoms with E-state index in [-0.39, 0.29) is 0 Å². The second-order valence-corrected chi connectivity index (χ2v) is 4.05. The van der Waals surface area contributed by atoms with Crippen LogP contribution in [0.1, 0.15) is 31.5 Å². The summed E-state index contributed by atoms with van der Waals surface area (Å²) in [5.41, 5.74) is 8.78. The molecule has 1 aromatic rings. The summed E-state index contributed by atoms with van der Waals surface area (Å²) in [6.07, 6.45) is 4.70. The molecular weight excluding hydrogens is 248 g/mol. The van der Waals surface area contributed by atoms with Crippen LogP contribution in [0.2, 0.25) is 0 Å². The van der Waals surface area contributed by atoms with Crippen LogP contribution in [0.15, 0.2) is 17.6 Å². The molecule has 2 N–H and O–H groups in total. The number of rotatable bonds is 9. The number of aromatic nitrogens is 2. The highest BCUT2D eigenvalue weighted by Crippen LogP contribution is 2.13. The van der Waals surface area contributed by atoms with Crippen LogP contribution in [-0.2, 0) is 11.3 Å². The minimum Gasteiger partial charge on any atom is -0.480 e. The zero-order chi connectivity index (χ0) is 14.1. The lowest BCUT2D eigenvalue weighted by molar-refractivity contribution is -0.139. The molecule has 1 heterocycles. The Morgan fingerprint density at radius 3 is 3.16 bits per heavy atom. The van der Waals surface area contributed by atoms with Crippen LogP contribution in [0.4, 0.5) is 0 Å². The Morgan fingerprint density at radius 2 is 2.53 bits per heavy atom. The Balaban J connectivity index is 2.63. The first-order valence-corrected chi connectivity index (χ1v) is 6.17. The summed E-state index contributed by atoms with van der Waals surface area (Å²) >= 11 is 0. The van der Waals surface area contributed by atoms with Crippen molar-refractivity contribution in [3.8, 4) is 0 Å². The van der Waals surface area contributed by atoms with Crippen LogP contribution < -0.4 is 5.32 Å². The molecule has 0 amide bonds. The van der Waals surface area contributed by atoms with E-state index in [0.29, 0.717) is 25.2 Å². The fourth-order valence-electron chi connectivity index (χ4n) is 1.76. The second kappa shape index (κ2) is 8.12. The Bertz CT molecular complexity index is 452. The lowest BCUT2D eigenvalue weighted by Gasteiger charge is -2.16. The lowest BCUT2D eigenvalue weighted by atomic mass is 10.2. The molecule has 1 atom stereocenters. The third kappa shape index (κ3) is 4.61. The molecule has 19 heavy (non-hydrogen) atoms. The first kappa shape index (κ1) is 15.0. The zero-order valence-corrected chi connectivity index (χ0v) is 10.9. The third-order valence-electron chi connectivity index (χ3n) is 2.60. The van der Waals surface area contributed by atoms with E-state index in [2.05, 4.69) is 20.3 Å². The standard InChI is InChI=1S/C11H18N6O2/c1-2-6-17-8-13-7-9(17)10(11(18)19)14-4-3-5-15-16-12/h7-8,10,14H,2-6H2,1H3,(H,18,19).